The van der Waals surface area contributed by atoms with E-state index in [-0.39, 0.29) is 6.10 Å². The second-order valence-electron chi connectivity index (χ2n) is 3.69. The van der Waals surface area contributed by atoms with Crippen LogP contribution in [-0.2, 0) is 11.2 Å². The highest BCUT2D eigenvalue weighted by atomic mass is 32.1. The third-order valence-electron chi connectivity index (χ3n) is 2.51. The molecule has 0 aromatic carbocycles. The molecule has 1 fully saturated rings. The molecule has 0 bridgehead atoms. The van der Waals surface area contributed by atoms with E-state index in [4.69, 9.17) is 10.00 Å². The Bertz CT molecular complexity index is 374. The highest BCUT2D eigenvalue weighted by Gasteiger charge is 2.22. The largest absolute Gasteiger partial charge is 0.371 e. The fourth-order valence-electron chi connectivity index (χ4n) is 1.77. The Morgan fingerprint density at radius 2 is 2.53 bits per heavy atom. The molecule has 0 radical (unpaired) electrons. The fraction of sp³-hybridized carbons (Fsp3) is 0.636. The highest BCUT2D eigenvalue weighted by molar-refractivity contribution is 7.12. The van der Waals surface area contributed by atoms with E-state index in [0.717, 1.165) is 47.9 Å². The smallest absolute Gasteiger partial charge is 0.128 e. The van der Waals surface area contributed by atoms with Crippen LogP contribution in [-0.4, -0.2) is 11.6 Å². The van der Waals surface area contributed by atoms with Gasteiger partial charge in [0.2, 0.25) is 0 Å². The predicted octanol–water partition coefficient (Wildman–Crippen LogP) is 2.82. The summed E-state index contributed by atoms with van der Waals surface area (Å²) in [4.78, 5) is 5.29. The van der Waals surface area contributed by atoms with Crippen molar-refractivity contribution < 1.29 is 4.74 Å². The summed E-state index contributed by atoms with van der Waals surface area (Å²) in [6.45, 7) is 2.93. The molecule has 3 nitrogen and oxygen atoms in total. The first-order valence-corrected chi connectivity index (χ1v) is 6.18. The molecule has 1 aromatic rings. The summed E-state index contributed by atoms with van der Waals surface area (Å²) in [6.07, 6.45) is 4.22. The van der Waals surface area contributed by atoms with Crippen molar-refractivity contribution in [3.05, 3.63) is 15.6 Å². The molecule has 0 aliphatic carbocycles. The minimum absolute atomic E-state index is 0.146. The summed E-state index contributed by atoms with van der Waals surface area (Å²) >= 11 is 1.50. The maximum absolute atomic E-state index is 8.98. The molecule has 1 saturated heterocycles. The molecule has 80 valence electrons. The molecular formula is C11H14N2OS. The van der Waals surface area contributed by atoms with Gasteiger partial charge < -0.3 is 4.74 Å². The van der Waals surface area contributed by atoms with Crippen LogP contribution in [0.3, 0.4) is 0 Å². The van der Waals surface area contributed by atoms with Gasteiger partial charge in [0.15, 0.2) is 0 Å². The molecule has 1 unspecified atom stereocenters. The highest BCUT2D eigenvalue weighted by Crippen LogP contribution is 2.32. The van der Waals surface area contributed by atoms with Gasteiger partial charge in [-0.05, 0) is 19.3 Å². The van der Waals surface area contributed by atoms with Gasteiger partial charge in [-0.15, -0.1) is 11.3 Å². The maximum atomic E-state index is 8.98. The molecule has 1 aliphatic rings. The first-order chi connectivity index (χ1) is 7.35. The van der Waals surface area contributed by atoms with Gasteiger partial charge >= 0.3 is 0 Å². The van der Waals surface area contributed by atoms with Crippen LogP contribution in [0.2, 0.25) is 0 Å². The van der Waals surface area contributed by atoms with E-state index in [0.29, 0.717) is 0 Å². The van der Waals surface area contributed by atoms with E-state index in [1.807, 2.05) is 0 Å². The second-order valence-corrected chi connectivity index (χ2v) is 4.72. The number of hydrogen-bond acceptors (Lipinski definition) is 4. The zero-order valence-corrected chi connectivity index (χ0v) is 9.64. The third kappa shape index (κ3) is 2.19. The lowest BCUT2D eigenvalue weighted by Gasteiger charge is -2.03. The number of rotatable bonds is 3. The van der Waals surface area contributed by atoms with Gasteiger partial charge in [-0.1, -0.05) is 13.3 Å². The first kappa shape index (κ1) is 10.6. The summed E-state index contributed by atoms with van der Waals surface area (Å²) in [5, 5.41) is 9.97. The van der Waals surface area contributed by atoms with Gasteiger partial charge in [0.05, 0.1) is 5.69 Å². The Hall–Kier alpha value is -0.920. The summed E-state index contributed by atoms with van der Waals surface area (Å²) in [5.74, 6) is 0. The molecule has 2 rings (SSSR count). The van der Waals surface area contributed by atoms with Gasteiger partial charge in [-0.2, -0.15) is 5.26 Å². The lowest BCUT2D eigenvalue weighted by atomic mass is 10.2. The van der Waals surface area contributed by atoms with Gasteiger partial charge in [0.1, 0.15) is 22.1 Å². The van der Waals surface area contributed by atoms with Crippen LogP contribution in [0.4, 0.5) is 0 Å². The van der Waals surface area contributed by atoms with Crippen LogP contribution in [0.1, 0.15) is 47.9 Å². The molecule has 1 aliphatic heterocycles. The Labute approximate surface area is 93.7 Å². The molecule has 0 N–H and O–H groups in total. The molecule has 1 aromatic heterocycles. The Morgan fingerprint density at radius 3 is 3.13 bits per heavy atom. The number of nitriles is 1. The molecule has 15 heavy (non-hydrogen) atoms. The summed E-state index contributed by atoms with van der Waals surface area (Å²) in [6, 6.07) is 2.22. The van der Waals surface area contributed by atoms with Crippen LogP contribution in [0.25, 0.3) is 0 Å². The number of hydrogen-bond donors (Lipinski definition) is 0. The standard InChI is InChI=1S/C11H14N2OS/c1-2-4-8-10(7-12)15-11(13-8)9-5-3-6-14-9/h9H,2-6H2,1H3. The van der Waals surface area contributed by atoms with Crippen molar-refractivity contribution in [2.75, 3.05) is 6.61 Å². The molecule has 2 heterocycles. The minimum atomic E-state index is 0.146. The number of ether oxygens (including phenoxy) is 1. The molecule has 4 heteroatoms. The van der Waals surface area contributed by atoms with Crippen molar-refractivity contribution in [3.8, 4) is 6.07 Å². The van der Waals surface area contributed by atoms with Crippen LogP contribution in [0, 0.1) is 11.3 Å². The quantitative estimate of drug-likeness (QED) is 0.790. The zero-order valence-electron chi connectivity index (χ0n) is 8.82. The van der Waals surface area contributed by atoms with E-state index in [1.54, 1.807) is 0 Å². The van der Waals surface area contributed by atoms with E-state index in [2.05, 4.69) is 18.0 Å². The number of aryl methyl sites for hydroxylation is 1. The monoisotopic (exact) mass is 222 g/mol. The van der Waals surface area contributed by atoms with Crippen molar-refractivity contribution in [2.24, 2.45) is 0 Å². The van der Waals surface area contributed by atoms with Crippen LogP contribution in [0.5, 0.6) is 0 Å². The molecule has 0 saturated carbocycles. The second kappa shape index (κ2) is 4.73. The summed E-state index contributed by atoms with van der Waals surface area (Å²) in [7, 11) is 0. The first-order valence-electron chi connectivity index (χ1n) is 5.36. The van der Waals surface area contributed by atoms with E-state index >= 15 is 0 Å². The zero-order chi connectivity index (χ0) is 10.7. The molecular weight excluding hydrogens is 208 g/mol. The van der Waals surface area contributed by atoms with Crippen LogP contribution >= 0.6 is 11.3 Å². The van der Waals surface area contributed by atoms with Gasteiger partial charge in [-0.3, -0.25) is 0 Å². The van der Waals surface area contributed by atoms with Crippen molar-refractivity contribution in [1.29, 1.82) is 5.26 Å². The SMILES string of the molecule is CCCc1nc(C2CCCO2)sc1C#N. The maximum Gasteiger partial charge on any atom is 0.128 e. The minimum Gasteiger partial charge on any atom is -0.371 e. The number of thiazole rings is 1. The fourth-order valence-corrected chi connectivity index (χ4v) is 2.77. The van der Waals surface area contributed by atoms with E-state index in [1.165, 1.54) is 11.3 Å². The van der Waals surface area contributed by atoms with Crippen LogP contribution < -0.4 is 0 Å². The normalized spacial score (nSPS) is 20.4. The lowest BCUT2D eigenvalue weighted by molar-refractivity contribution is 0.111. The van der Waals surface area contributed by atoms with E-state index < -0.39 is 0 Å². The Kier molecular flexibility index (Phi) is 3.34. The summed E-state index contributed by atoms with van der Waals surface area (Å²) in [5.41, 5.74) is 0.954. The van der Waals surface area contributed by atoms with Crippen LogP contribution in [0.15, 0.2) is 0 Å². The predicted molar refractivity (Wildman–Crippen MR) is 58.8 cm³/mol. The average Bonchev–Trinajstić information content (AvgIpc) is 2.84. The van der Waals surface area contributed by atoms with Crippen molar-refractivity contribution in [2.45, 2.75) is 38.7 Å². The van der Waals surface area contributed by atoms with Crippen molar-refractivity contribution >= 4 is 11.3 Å². The third-order valence-corrected chi connectivity index (χ3v) is 3.60. The Balaban J connectivity index is 2.22. The van der Waals surface area contributed by atoms with Crippen molar-refractivity contribution in [1.82, 2.24) is 4.98 Å². The van der Waals surface area contributed by atoms with E-state index in [9.17, 15) is 0 Å². The van der Waals surface area contributed by atoms with Gasteiger partial charge in [0, 0.05) is 6.61 Å². The molecule has 1 atom stereocenters. The summed E-state index contributed by atoms with van der Waals surface area (Å²) < 4.78 is 5.57. The number of nitrogens with zero attached hydrogens (tertiary/aromatic N) is 2. The lowest BCUT2D eigenvalue weighted by Crippen LogP contribution is -1.95. The number of aromatic nitrogens is 1. The average molecular weight is 222 g/mol. The molecule has 0 spiro atoms. The topological polar surface area (TPSA) is 45.9 Å². The van der Waals surface area contributed by atoms with Gasteiger partial charge in [-0.25, -0.2) is 4.98 Å². The van der Waals surface area contributed by atoms with Gasteiger partial charge in [0.25, 0.3) is 0 Å². The Morgan fingerprint density at radius 1 is 1.67 bits per heavy atom. The van der Waals surface area contributed by atoms with Crippen molar-refractivity contribution in [3.63, 3.8) is 0 Å². The molecule has 0 amide bonds.